The van der Waals surface area contributed by atoms with Gasteiger partial charge < -0.3 is 10.4 Å². The van der Waals surface area contributed by atoms with Crippen LogP contribution in [0.5, 0.6) is 0 Å². The van der Waals surface area contributed by atoms with Crippen molar-refractivity contribution in [1.29, 1.82) is 0 Å². The molecule has 0 aromatic rings. The second-order valence-corrected chi connectivity index (χ2v) is 4.76. The molecule has 1 aliphatic rings. The molecule has 0 aromatic carbocycles. The van der Waals surface area contributed by atoms with Crippen LogP contribution in [-0.4, -0.2) is 23.0 Å². The molecule has 0 saturated heterocycles. The molecule has 0 aromatic heterocycles. The van der Waals surface area contributed by atoms with Gasteiger partial charge in [0.05, 0.1) is 0 Å². The molecule has 0 unspecified atom stereocenters. The Morgan fingerprint density at radius 1 is 1.31 bits per heavy atom. The third-order valence-corrected chi connectivity index (χ3v) is 3.41. The van der Waals surface area contributed by atoms with Gasteiger partial charge in [-0.05, 0) is 38.0 Å². The highest BCUT2D eigenvalue weighted by Gasteiger charge is 2.27. The first kappa shape index (κ1) is 13.0. The van der Waals surface area contributed by atoms with E-state index in [4.69, 9.17) is 5.11 Å². The lowest BCUT2D eigenvalue weighted by Crippen LogP contribution is -2.43. The molecule has 0 heterocycles. The third-order valence-electron chi connectivity index (χ3n) is 3.41. The number of nitrogens with one attached hydrogen (secondary N) is 1. The Hall–Kier alpha value is -1.06. The Bertz CT molecular complexity index is 257. The molecule has 0 aliphatic heterocycles. The van der Waals surface area contributed by atoms with E-state index in [1.807, 2.05) is 0 Å². The number of amides is 1. The fourth-order valence-electron chi connectivity index (χ4n) is 2.15. The van der Waals surface area contributed by atoms with Gasteiger partial charge in [0.25, 0.3) is 0 Å². The second kappa shape index (κ2) is 5.87. The average Bonchev–Trinajstić information content (AvgIpc) is 2.26. The van der Waals surface area contributed by atoms with E-state index < -0.39 is 12.0 Å². The lowest BCUT2D eigenvalue weighted by atomic mass is 9.82. The topological polar surface area (TPSA) is 66.4 Å². The molecule has 0 radical (unpaired) electrons. The standard InChI is InChI=1S/C12H21NO3/c1-3-10(12(15)16)13-11(14)9-6-4-8(2)5-7-9/h8-10H,3-7H2,1-2H3,(H,13,14)(H,15,16)/t8?,9?,10-/m1/s1. The van der Waals surface area contributed by atoms with Crippen molar-refractivity contribution in [2.24, 2.45) is 11.8 Å². The smallest absolute Gasteiger partial charge is 0.326 e. The van der Waals surface area contributed by atoms with Gasteiger partial charge >= 0.3 is 5.97 Å². The molecule has 1 fully saturated rings. The molecular formula is C12H21NO3. The van der Waals surface area contributed by atoms with E-state index in [2.05, 4.69) is 12.2 Å². The fraction of sp³-hybridized carbons (Fsp3) is 0.833. The van der Waals surface area contributed by atoms with Crippen molar-refractivity contribution in [3.8, 4) is 0 Å². The van der Waals surface area contributed by atoms with Crippen molar-refractivity contribution in [3.63, 3.8) is 0 Å². The molecule has 1 aliphatic carbocycles. The van der Waals surface area contributed by atoms with E-state index in [1.165, 1.54) is 0 Å². The monoisotopic (exact) mass is 227 g/mol. The predicted molar refractivity (Wildman–Crippen MR) is 61.0 cm³/mol. The van der Waals surface area contributed by atoms with Gasteiger partial charge in [-0.1, -0.05) is 13.8 Å². The molecule has 16 heavy (non-hydrogen) atoms. The number of hydrogen-bond acceptors (Lipinski definition) is 2. The van der Waals surface area contributed by atoms with Crippen molar-refractivity contribution in [3.05, 3.63) is 0 Å². The molecule has 1 amide bonds. The first-order valence-electron chi connectivity index (χ1n) is 6.07. The van der Waals surface area contributed by atoms with Crippen LogP contribution in [0, 0.1) is 11.8 Å². The summed E-state index contributed by atoms with van der Waals surface area (Å²) in [4.78, 5) is 22.6. The van der Waals surface area contributed by atoms with Crippen LogP contribution in [0.1, 0.15) is 46.0 Å². The SMILES string of the molecule is CC[C@@H](NC(=O)C1CCC(C)CC1)C(=O)O. The van der Waals surface area contributed by atoms with Crippen molar-refractivity contribution in [1.82, 2.24) is 5.32 Å². The maximum atomic E-state index is 11.8. The van der Waals surface area contributed by atoms with E-state index in [0.29, 0.717) is 12.3 Å². The van der Waals surface area contributed by atoms with E-state index >= 15 is 0 Å². The molecule has 1 atom stereocenters. The fourth-order valence-corrected chi connectivity index (χ4v) is 2.15. The zero-order valence-corrected chi connectivity index (χ0v) is 10.0. The van der Waals surface area contributed by atoms with Gasteiger partial charge in [0, 0.05) is 5.92 Å². The van der Waals surface area contributed by atoms with Gasteiger partial charge in [0.2, 0.25) is 5.91 Å². The summed E-state index contributed by atoms with van der Waals surface area (Å²) in [6.45, 7) is 3.96. The van der Waals surface area contributed by atoms with Gasteiger partial charge in [-0.15, -0.1) is 0 Å². The van der Waals surface area contributed by atoms with Gasteiger partial charge in [-0.2, -0.15) is 0 Å². The van der Waals surface area contributed by atoms with Crippen LogP contribution in [0.4, 0.5) is 0 Å². The first-order chi connectivity index (χ1) is 7.54. The summed E-state index contributed by atoms with van der Waals surface area (Å²) in [5.74, 6) is -0.309. The van der Waals surface area contributed by atoms with Crippen LogP contribution >= 0.6 is 0 Å². The number of carbonyl (C=O) groups is 2. The van der Waals surface area contributed by atoms with Crippen LogP contribution in [-0.2, 0) is 9.59 Å². The molecule has 4 nitrogen and oxygen atoms in total. The number of carboxylic acids is 1. The molecule has 1 saturated carbocycles. The summed E-state index contributed by atoms with van der Waals surface area (Å²) in [6, 6.07) is -0.730. The summed E-state index contributed by atoms with van der Waals surface area (Å²) in [7, 11) is 0. The number of carboxylic acid groups (broad SMARTS) is 1. The highest BCUT2D eigenvalue weighted by molar-refractivity contribution is 5.84. The zero-order chi connectivity index (χ0) is 12.1. The summed E-state index contributed by atoms with van der Waals surface area (Å²) in [6.07, 6.45) is 4.36. The number of rotatable bonds is 4. The normalized spacial score (nSPS) is 27.1. The number of carbonyl (C=O) groups excluding carboxylic acids is 1. The number of hydrogen-bond donors (Lipinski definition) is 2. The van der Waals surface area contributed by atoms with Crippen LogP contribution in [0.25, 0.3) is 0 Å². The maximum Gasteiger partial charge on any atom is 0.326 e. The Morgan fingerprint density at radius 2 is 1.88 bits per heavy atom. The highest BCUT2D eigenvalue weighted by Crippen LogP contribution is 2.28. The molecule has 2 N–H and O–H groups in total. The van der Waals surface area contributed by atoms with Gasteiger partial charge in [0.1, 0.15) is 6.04 Å². The second-order valence-electron chi connectivity index (χ2n) is 4.76. The molecule has 0 spiro atoms. The summed E-state index contributed by atoms with van der Waals surface area (Å²) in [5, 5.41) is 11.5. The van der Waals surface area contributed by atoms with Crippen molar-refractivity contribution in [2.45, 2.75) is 52.0 Å². The first-order valence-corrected chi connectivity index (χ1v) is 6.07. The Kier molecular flexibility index (Phi) is 4.77. The van der Waals surface area contributed by atoms with Crippen molar-refractivity contribution < 1.29 is 14.7 Å². The van der Waals surface area contributed by atoms with Crippen LogP contribution in [0.3, 0.4) is 0 Å². The van der Waals surface area contributed by atoms with Crippen LogP contribution < -0.4 is 5.32 Å². The van der Waals surface area contributed by atoms with E-state index in [-0.39, 0.29) is 11.8 Å². The quantitative estimate of drug-likeness (QED) is 0.769. The van der Waals surface area contributed by atoms with Gasteiger partial charge in [-0.3, -0.25) is 4.79 Å². The predicted octanol–water partition coefficient (Wildman–Crippen LogP) is 1.79. The Labute approximate surface area is 96.4 Å². The summed E-state index contributed by atoms with van der Waals surface area (Å²) < 4.78 is 0. The van der Waals surface area contributed by atoms with E-state index in [0.717, 1.165) is 25.7 Å². The van der Waals surface area contributed by atoms with Crippen molar-refractivity contribution in [2.75, 3.05) is 0 Å². The lowest BCUT2D eigenvalue weighted by Gasteiger charge is -2.26. The van der Waals surface area contributed by atoms with Crippen LogP contribution in [0.2, 0.25) is 0 Å². The summed E-state index contributed by atoms with van der Waals surface area (Å²) >= 11 is 0. The minimum absolute atomic E-state index is 0.0181. The Morgan fingerprint density at radius 3 is 2.31 bits per heavy atom. The molecule has 4 heteroatoms. The zero-order valence-electron chi connectivity index (χ0n) is 10.0. The number of aliphatic carboxylic acids is 1. The third kappa shape index (κ3) is 3.51. The average molecular weight is 227 g/mol. The van der Waals surface area contributed by atoms with Gasteiger partial charge in [0.15, 0.2) is 0 Å². The minimum Gasteiger partial charge on any atom is -0.480 e. The maximum absolute atomic E-state index is 11.8. The van der Waals surface area contributed by atoms with Gasteiger partial charge in [-0.25, -0.2) is 4.79 Å². The molecule has 92 valence electrons. The lowest BCUT2D eigenvalue weighted by molar-refractivity contribution is -0.142. The molecular weight excluding hydrogens is 206 g/mol. The highest BCUT2D eigenvalue weighted by atomic mass is 16.4. The van der Waals surface area contributed by atoms with E-state index in [9.17, 15) is 9.59 Å². The Balaban J connectivity index is 2.42. The van der Waals surface area contributed by atoms with Crippen LogP contribution in [0.15, 0.2) is 0 Å². The molecule has 1 rings (SSSR count). The molecule has 0 bridgehead atoms. The van der Waals surface area contributed by atoms with Crippen molar-refractivity contribution >= 4 is 11.9 Å². The minimum atomic E-state index is -0.944. The summed E-state index contributed by atoms with van der Waals surface area (Å²) in [5.41, 5.74) is 0. The largest absolute Gasteiger partial charge is 0.480 e. The van der Waals surface area contributed by atoms with E-state index in [1.54, 1.807) is 6.92 Å².